The zero-order valence-electron chi connectivity index (χ0n) is 14.0. The minimum Gasteiger partial charge on any atom is -0.481 e. The summed E-state index contributed by atoms with van der Waals surface area (Å²) in [6.07, 6.45) is 3.61. The first-order chi connectivity index (χ1) is 12.0. The van der Waals surface area contributed by atoms with Crippen molar-refractivity contribution in [1.82, 2.24) is 15.5 Å². The molecular weight excluding hydrogens is 342 g/mol. The molecule has 0 spiro atoms. The molecule has 0 aromatic carbocycles. The Morgan fingerprint density at radius 3 is 3.04 bits per heavy atom. The second kappa shape index (κ2) is 7.35. The first-order valence-corrected chi connectivity index (χ1v) is 9.26. The Bertz CT molecular complexity index is 743. The van der Waals surface area contributed by atoms with E-state index in [1.165, 1.54) is 11.3 Å². The zero-order valence-corrected chi connectivity index (χ0v) is 14.8. The van der Waals surface area contributed by atoms with E-state index in [0.29, 0.717) is 31.0 Å². The highest BCUT2D eigenvalue weighted by molar-refractivity contribution is 7.13. The number of nitrogens with one attached hydrogen (secondary N) is 1. The lowest BCUT2D eigenvalue weighted by Crippen LogP contribution is -2.55. The van der Waals surface area contributed by atoms with Gasteiger partial charge in [0.1, 0.15) is 0 Å². The number of carbonyl (C=O) groups excluding carboxylic acids is 1. The monoisotopic (exact) mass is 363 g/mol. The highest BCUT2D eigenvalue weighted by Gasteiger charge is 2.42. The molecule has 2 atom stereocenters. The molecule has 134 valence electrons. The zero-order chi connectivity index (χ0) is 17.9. The molecule has 1 aliphatic rings. The molecule has 3 rings (SSSR count). The number of rotatable bonds is 6. The van der Waals surface area contributed by atoms with Gasteiger partial charge < -0.3 is 14.9 Å². The van der Waals surface area contributed by atoms with Crippen LogP contribution >= 0.6 is 11.3 Å². The summed E-state index contributed by atoms with van der Waals surface area (Å²) in [4.78, 5) is 29.0. The normalized spacial score (nSPS) is 23.3. The Morgan fingerprint density at radius 2 is 2.32 bits per heavy atom. The summed E-state index contributed by atoms with van der Waals surface area (Å²) in [5.74, 6) is -0.650. The third kappa shape index (κ3) is 4.07. The Morgan fingerprint density at radius 1 is 1.48 bits per heavy atom. The standard InChI is InChI=1S/C17H21N3O4S/c1-17(9-3-2-5-11(17)16(22)23)19-13(21)7-8-14-18-15(20-24-14)12-6-4-10-25-12/h4,6,10-11H,2-3,5,7-9H2,1H3,(H,19,21)(H,22,23). The van der Waals surface area contributed by atoms with Crippen molar-refractivity contribution in [2.75, 3.05) is 0 Å². The lowest BCUT2D eigenvalue weighted by Gasteiger charge is -2.39. The molecular formula is C17H21N3O4S. The number of hydrogen-bond donors (Lipinski definition) is 2. The van der Waals surface area contributed by atoms with Crippen molar-refractivity contribution in [3.05, 3.63) is 23.4 Å². The Balaban J connectivity index is 1.56. The van der Waals surface area contributed by atoms with E-state index in [0.717, 1.165) is 17.7 Å². The highest BCUT2D eigenvalue weighted by atomic mass is 32.1. The lowest BCUT2D eigenvalue weighted by molar-refractivity contribution is -0.146. The summed E-state index contributed by atoms with van der Waals surface area (Å²) in [6.45, 7) is 1.82. The lowest BCUT2D eigenvalue weighted by atomic mass is 9.74. The van der Waals surface area contributed by atoms with Gasteiger partial charge >= 0.3 is 5.97 Å². The number of amides is 1. The Hall–Kier alpha value is -2.22. The molecule has 0 saturated heterocycles. The average Bonchev–Trinajstić information content (AvgIpc) is 3.24. The van der Waals surface area contributed by atoms with Crippen LogP contribution in [0.3, 0.4) is 0 Å². The fourth-order valence-electron chi connectivity index (χ4n) is 3.34. The largest absolute Gasteiger partial charge is 0.481 e. The number of aliphatic carboxylic acids is 1. The third-order valence-corrected chi connectivity index (χ3v) is 5.57. The van der Waals surface area contributed by atoms with Gasteiger partial charge in [0.25, 0.3) is 0 Å². The number of carboxylic acid groups (broad SMARTS) is 1. The van der Waals surface area contributed by atoms with Gasteiger partial charge in [-0.15, -0.1) is 11.3 Å². The molecule has 7 nitrogen and oxygen atoms in total. The van der Waals surface area contributed by atoms with Gasteiger partial charge in [0, 0.05) is 12.8 Å². The fraction of sp³-hybridized carbons (Fsp3) is 0.529. The minimum absolute atomic E-state index is 0.188. The highest BCUT2D eigenvalue weighted by Crippen LogP contribution is 2.34. The number of thiophene rings is 1. The van der Waals surface area contributed by atoms with Crippen LogP contribution in [0.25, 0.3) is 10.7 Å². The van der Waals surface area contributed by atoms with E-state index in [-0.39, 0.29) is 12.3 Å². The molecule has 2 unspecified atom stereocenters. The molecule has 0 aliphatic heterocycles. The smallest absolute Gasteiger partial charge is 0.308 e. The summed E-state index contributed by atoms with van der Waals surface area (Å²) in [6, 6.07) is 3.81. The number of hydrogen-bond acceptors (Lipinski definition) is 6. The van der Waals surface area contributed by atoms with E-state index in [1.807, 2.05) is 24.4 Å². The molecule has 2 N–H and O–H groups in total. The SMILES string of the molecule is CC1(NC(=O)CCc2nc(-c3cccs3)no2)CCCCC1C(=O)O. The molecule has 2 aromatic heterocycles. The molecule has 0 radical (unpaired) electrons. The van der Waals surface area contributed by atoms with Crippen LogP contribution in [0, 0.1) is 5.92 Å². The van der Waals surface area contributed by atoms with Crippen molar-refractivity contribution in [2.45, 2.75) is 51.0 Å². The molecule has 2 heterocycles. The predicted octanol–water partition coefficient (Wildman–Crippen LogP) is 2.88. The predicted molar refractivity (Wildman–Crippen MR) is 92.1 cm³/mol. The molecule has 2 aromatic rings. The quantitative estimate of drug-likeness (QED) is 0.817. The Kier molecular flexibility index (Phi) is 5.17. The minimum atomic E-state index is -0.847. The van der Waals surface area contributed by atoms with Crippen molar-refractivity contribution in [1.29, 1.82) is 0 Å². The van der Waals surface area contributed by atoms with Crippen molar-refractivity contribution in [3.63, 3.8) is 0 Å². The third-order valence-electron chi connectivity index (χ3n) is 4.71. The van der Waals surface area contributed by atoms with Gasteiger partial charge in [0.2, 0.25) is 17.6 Å². The van der Waals surface area contributed by atoms with Crippen LogP contribution in [0.1, 0.15) is 44.9 Å². The van der Waals surface area contributed by atoms with Crippen molar-refractivity contribution in [3.8, 4) is 10.7 Å². The first kappa shape index (κ1) is 17.6. The van der Waals surface area contributed by atoms with Gasteiger partial charge in [-0.2, -0.15) is 4.98 Å². The van der Waals surface area contributed by atoms with Gasteiger partial charge in [0.15, 0.2) is 0 Å². The summed E-state index contributed by atoms with van der Waals surface area (Å²) in [5.41, 5.74) is -0.696. The molecule has 8 heteroatoms. The fourth-order valence-corrected chi connectivity index (χ4v) is 3.99. The summed E-state index contributed by atoms with van der Waals surface area (Å²) < 4.78 is 5.18. The van der Waals surface area contributed by atoms with E-state index in [2.05, 4.69) is 15.5 Å². The van der Waals surface area contributed by atoms with Crippen molar-refractivity contribution >= 4 is 23.2 Å². The van der Waals surface area contributed by atoms with E-state index < -0.39 is 17.4 Å². The average molecular weight is 363 g/mol. The van der Waals surface area contributed by atoms with Gasteiger partial charge in [0.05, 0.1) is 16.3 Å². The summed E-state index contributed by atoms with van der Waals surface area (Å²) >= 11 is 1.52. The number of carbonyl (C=O) groups is 2. The summed E-state index contributed by atoms with van der Waals surface area (Å²) in [5, 5.41) is 18.2. The van der Waals surface area contributed by atoms with E-state index in [4.69, 9.17) is 4.52 Å². The first-order valence-electron chi connectivity index (χ1n) is 8.38. The van der Waals surface area contributed by atoms with Gasteiger partial charge in [-0.25, -0.2) is 0 Å². The molecule has 1 fully saturated rings. The number of aryl methyl sites for hydroxylation is 1. The van der Waals surface area contributed by atoms with Crippen LogP contribution < -0.4 is 5.32 Å². The molecule has 0 bridgehead atoms. The van der Waals surface area contributed by atoms with E-state index in [1.54, 1.807) is 0 Å². The number of aromatic nitrogens is 2. The number of nitrogens with zero attached hydrogens (tertiary/aromatic N) is 2. The van der Waals surface area contributed by atoms with Gasteiger partial charge in [-0.3, -0.25) is 9.59 Å². The maximum Gasteiger partial charge on any atom is 0.308 e. The van der Waals surface area contributed by atoms with Crippen LogP contribution in [0.4, 0.5) is 0 Å². The van der Waals surface area contributed by atoms with E-state index in [9.17, 15) is 14.7 Å². The van der Waals surface area contributed by atoms with Gasteiger partial charge in [-0.05, 0) is 31.2 Å². The molecule has 1 aliphatic carbocycles. The van der Waals surface area contributed by atoms with Crippen molar-refractivity contribution in [2.24, 2.45) is 5.92 Å². The molecule has 1 saturated carbocycles. The van der Waals surface area contributed by atoms with Crippen LogP contribution in [0.2, 0.25) is 0 Å². The number of carboxylic acids is 1. The van der Waals surface area contributed by atoms with E-state index >= 15 is 0 Å². The topological polar surface area (TPSA) is 105 Å². The van der Waals surface area contributed by atoms with Gasteiger partial charge in [-0.1, -0.05) is 24.1 Å². The maximum atomic E-state index is 12.3. The van der Waals surface area contributed by atoms with Crippen LogP contribution in [0.15, 0.2) is 22.0 Å². The second-order valence-corrected chi connectivity index (χ2v) is 7.54. The second-order valence-electron chi connectivity index (χ2n) is 6.59. The van der Waals surface area contributed by atoms with Crippen LogP contribution in [-0.4, -0.2) is 32.7 Å². The molecule has 1 amide bonds. The summed E-state index contributed by atoms with van der Waals surface area (Å²) in [7, 11) is 0. The maximum absolute atomic E-state index is 12.3. The van der Waals surface area contributed by atoms with Crippen LogP contribution in [-0.2, 0) is 16.0 Å². The van der Waals surface area contributed by atoms with Crippen molar-refractivity contribution < 1.29 is 19.2 Å². The molecule has 25 heavy (non-hydrogen) atoms. The van der Waals surface area contributed by atoms with Crippen LogP contribution in [0.5, 0.6) is 0 Å². The Labute approximate surface area is 149 Å².